The standard InChI is InChI=1S/C18H29N3O2/c1-3-21(4-2)16-9-7-15(8-10-16)19-12-11-18(22)20-14-17-6-5-13-23-17/h7-10,17,19H,3-6,11-14H2,1-2H3,(H,20,22). The molecule has 0 radical (unpaired) electrons. The number of amides is 1. The average Bonchev–Trinajstić information content (AvgIpc) is 3.09. The highest BCUT2D eigenvalue weighted by Crippen LogP contribution is 2.17. The van der Waals surface area contributed by atoms with Crippen LogP contribution in [0.1, 0.15) is 33.1 Å². The summed E-state index contributed by atoms with van der Waals surface area (Å²) in [6, 6.07) is 8.37. The molecule has 5 nitrogen and oxygen atoms in total. The summed E-state index contributed by atoms with van der Waals surface area (Å²) in [6.45, 7) is 8.43. The number of nitrogens with one attached hydrogen (secondary N) is 2. The van der Waals surface area contributed by atoms with Crippen LogP contribution >= 0.6 is 0 Å². The molecule has 1 aliphatic heterocycles. The number of hydrogen-bond donors (Lipinski definition) is 2. The summed E-state index contributed by atoms with van der Waals surface area (Å²) in [7, 11) is 0. The number of rotatable bonds is 9. The van der Waals surface area contributed by atoms with Gasteiger partial charge >= 0.3 is 0 Å². The van der Waals surface area contributed by atoms with E-state index in [2.05, 4.69) is 53.6 Å². The molecule has 128 valence electrons. The minimum atomic E-state index is 0.0766. The molecule has 2 rings (SSSR count). The highest BCUT2D eigenvalue weighted by molar-refractivity contribution is 5.76. The highest BCUT2D eigenvalue weighted by atomic mass is 16.5. The predicted octanol–water partition coefficient (Wildman–Crippen LogP) is 2.63. The Morgan fingerprint density at radius 3 is 2.61 bits per heavy atom. The molecule has 0 aromatic heterocycles. The SMILES string of the molecule is CCN(CC)c1ccc(NCCC(=O)NCC2CCCO2)cc1. The lowest BCUT2D eigenvalue weighted by Crippen LogP contribution is -2.32. The van der Waals surface area contributed by atoms with E-state index in [4.69, 9.17) is 4.74 Å². The van der Waals surface area contributed by atoms with Crippen LogP contribution in [0.15, 0.2) is 24.3 Å². The largest absolute Gasteiger partial charge is 0.385 e. The summed E-state index contributed by atoms with van der Waals surface area (Å²) in [5.41, 5.74) is 2.28. The van der Waals surface area contributed by atoms with E-state index >= 15 is 0 Å². The van der Waals surface area contributed by atoms with Gasteiger partial charge in [0.15, 0.2) is 0 Å². The van der Waals surface area contributed by atoms with E-state index in [9.17, 15) is 4.79 Å². The lowest BCUT2D eigenvalue weighted by molar-refractivity contribution is -0.121. The minimum Gasteiger partial charge on any atom is -0.385 e. The van der Waals surface area contributed by atoms with Crippen LogP contribution in [-0.2, 0) is 9.53 Å². The third kappa shape index (κ3) is 5.75. The van der Waals surface area contributed by atoms with Gasteiger partial charge in [-0.15, -0.1) is 0 Å². The number of ether oxygens (including phenoxy) is 1. The average molecular weight is 319 g/mol. The quantitative estimate of drug-likeness (QED) is 0.735. The van der Waals surface area contributed by atoms with Crippen LogP contribution in [0.2, 0.25) is 0 Å². The summed E-state index contributed by atoms with van der Waals surface area (Å²) in [6.07, 6.45) is 2.84. The van der Waals surface area contributed by atoms with Crippen molar-refractivity contribution in [1.29, 1.82) is 0 Å². The van der Waals surface area contributed by atoms with Gasteiger partial charge in [0.2, 0.25) is 5.91 Å². The van der Waals surface area contributed by atoms with Crippen molar-refractivity contribution in [1.82, 2.24) is 5.32 Å². The van der Waals surface area contributed by atoms with Crippen molar-refractivity contribution in [2.24, 2.45) is 0 Å². The summed E-state index contributed by atoms with van der Waals surface area (Å²) in [5.74, 6) is 0.0766. The van der Waals surface area contributed by atoms with Crippen molar-refractivity contribution in [2.75, 3.05) is 43.0 Å². The second kappa shape index (κ2) is 9.40. The smallest absolute Gasteiger partial charge is 0.221 e. The molecule has 1 atom stereocenters. The Labute approximate surface area is 139 Å². The molecule has 0 saturated carbocycles. The van der Waals surface area contributed by atoms with Crippen LogP contribution in [0.3, 0.4) is 0 Å². The van der Waals surface area contributed by atoms with Crippen LogP contribution in [0, 0.1) is 0 Å². The number of carbonyl (C=O) groups is 1. The van der Waals surface area contributed by atoms with Gasteiger partial charge in [-0.05, 0) is 51.0 Å². The van der Waals surface area contributed by atoms with E-state index in [1.807, 2.05) is 0 Å². The van der Waals surface area contributed by atoms with Gasteiger partial charge < -0.3 is 20.3 Å². The number of anilines is 2. The van der Waals surface area contributed by atoms with Crippen LogP contribution in [0.5, 0.6) is 0 Å². The molecular weight excluding hydrogens is 290 g/mol. The van der Waals surface area contributed by atoms with Crippen molar-refractivity contribution in [3.63, 3.8) is 0 Å². The summed E-state index contributed by atoms with van der Waals surface area (Å²) < 4.78 is 5.49. The zero-order valence-corrected chi connectivity index (χ0v) is 14.3. The Bertz CT molecular complexity index is 466. The van der Waals surface area contributed by atoms with Gasteiger partial charge in [-0.1, -0.05) is 0 Å². The summed E-state index contributed by atoms with van der Waals surface area (Å²) >= 11 is 0. The molecule has 1 saturated heterocycles. The first kappa shape index (κ1) is 17.6. The number of carbonyl (C=O) groups excluding carboxylic acids is 1. The number of nitrogens with zero attached hydrogens (tertiary/aromatic N) is 1. The highest BCUT2D eigenvalue weighted by Gasteiger charge is 2.15. The van der Waals surface area contributed by atoms with Crippen LogP contribution in [0.25, 0.3) is 0 Å². The lowest BCUT2D eigenvalue weighted by Gasteiger charge is -2.21. The molecule has 0 bridgehead atoms. The van der Waals surface area contributed by atoms with E-state index in [1.165, 1.54) is 5.69 Å². The first-order valence-corrected chi connectivity index (χ1v) is 8.70. The number of hydrogen-bond acceptors (Lipinski definition) is 4. The molecule has 2 N–H and O–H groups in total. The normalized spacial score (nSPS) is 17.0. The zero-order valence-electron chi connectivity index (χ0n) is 14.3. The maximum Gasteiger partial charge on any atom is 0.221 e. The van der Waals surface area contributed by atoms with E-state index in [0.717, 1.165) is 38.2 Å². The molecule has 1 heterocycles. The Morgan fingerprint density at radius 2 is 2.00 bits per heavy atom. The Kier molecular flexibility index (Phi) is 7.20. The Morgan fingerprint density at radius 1 is 1.26 bits per heavy atom. The minimum absolute atomic E-state index is 0.0766. The summed E-state index contributed by atoms with van der Waals surface area (Å²) in [5, 5.41) is 6.23. The predicted molar refractivity (Wildman–Crippen MR) is 95.1 cm³/mol. The van der Waals surface area contributed by atoms with E-state index in [0.29, 0.717) is 19.5 Å². The molecular formula is C18H29N3O2. The molecule has 1 aromatic carbocycles. The first-order valence-electron chi connectivity index (χ1n) is 8.70. The van der Waals surface area contributed by atoms with Gasteiger partial charge in [0, 0.05) is 50.6 Å². The maximum absolute atomic E-state index is 11.8. The summed E-state index contributed by atoms with van der Waals surface area (Å²) in [4.78, 5) is 14.1. The second-order valence-corrected chi connectivity index (χ2v) is 5.84. The Hall–Kier alpha value is -1.75. The Balaban J connectivity index is 1.66. The maximum atomic E-state index is 11.8. The van der Waals surface area contributed by atoms with Crippen molar-refractivity contribution < 1.29 is 9.53 Å². The van der Waals surface area contributed by atoms with E-state index in [-0.39, 0.29) is 12.0 Å². The van der Waals surface area contributed by atoms with Gasteiger partial charge in [-0.25, -0.2) is 0 Å². The fraction of sp³-hybridized carbons (Fsp3) is 0.611. The van der Waals surface area contributed by atoms with Crippen LogP contribution < -0.4 is 15.5 Å². The third-order valence-electron chi connectivity index (χ3n) is 4.23. The second-order valence-electron chi connectivity index (χ2n) is 5.84. The molecule has 1 unspecified atom stereocenters. The molecule has 0 aliphatic carbocycles. The van der Waals surface area contributed by atoms with Crippen molar-refractivity contribution in [3.8, 4) is 0 Å². The van der Waals surface area contributed by atoms with Gasteiger partial charge in [0.25, 0.3) is 0 Å². The first-order chi connectivity index (χ1) is 11.2. The van der Waals surface area contributed by atoms with E-state index in [1.54, 1.807) is 0 Å². The monoisotopic (exact) mass is 319 g/mol. The van der Waals surface area contributed by atoms with Crippen molar-refractivity contribution in [3.05, 3.63) is 24.3 Å². The molecule has 5 heteroatoms. The molecule has 23 heavy (non-hydrogen) atoms. The van der Waals surface area contributed by atoms with Crippen LogP contribution in [0.4, 0.5) is 11.4 Å². The fourth-order valence-corrected chi connectivity index (χ4v) is 2.82. The topological polar surface area (TPSA) is 53.6 Å². The number of benzene rings is 1. The third-order valence-corrected chi connectivity index (χ3v) is 4.23. The molecule has 0 spiro atoms. The fourth-order valence-electron chi connectivity index (χ4n) is 2.82. The van der Waals surface area contributed by atoms with Gasteiger partial charge in [0.05, 0.1) is 6.10 Å². The molecule has 1 amide bonds. The van der Waals surface area contributed by atoms with Crippen molar-refractivity contribution >= 4 is 17.3 Å². The van der Waals surface area contributed by atoms with Gasteiger partial charge in [0.1, 0.15) is 0 Å². The van der Waals surface area contributed by atoms with Crippen LogP contribution in [-0.4, -0.2) is 44.8 Å². The van der Waals surface area contributed by atoms with Gasteiger partial charge in [-0.2, -0.15) is 0 Å². The van der Waals surface area contributed by atoms with Gasteiger partial charge in [-0.3, -0.25) is 4.79 Å². The zero-order chi connectivity index (χ0) is 16.5. The van der Waals surface area contributed by atoms with E-state index < -0.39 is 0 Å². The van der Waals surface area contributed by atoms with Crippen molar-refractivity contribution in [2.45, 2.75) is 39.2 Å². The lowest BCUT2D eigenvalue weighted by atomic mass is 10.2. The molecule has 1 aliphatic rings. The molecule has 1 aromatic rings. The molecule has 1 fully saturated rings.